The van der Waals surface area contributed by atoms with Crippen LogP contribution in [0.3, 0.4) is 0 Å². The van der Waals surface area contributed by atoms with Crippen molar-refractivity contribution in [2.24, 2.45) is 7.05 Å². The molecule has 3 rings (SSSR count). The average Bonchev–Trinajstić information content (AvgIpc) is 3.07. The molecule has 1 aliphatic heterocycles. The van der Waals surface area contributed by atoms with Crippen molar-refractivity contribution in [3.8, 4) is 0 Å². The molecule has 2 N–H and O–H groups in total. The van der Waals surface area contributed by atoms with Crippen molar-refractivity contribution in [2.75, 3.05) is 18.4 Å². The number of thiazole rings is 1. The molecule has 9 heteroatoms. The van der Waals surface area contributed by atoms with E-state index in [2.05, 4.69) is 25.7 Å². The monoisotopic (exact) mass is 342 g/mol. The van der Waals surface area contributed by atoms with Crippen LogP contribution in [0.5, 0.6) is 0 Å². The Hall–Kier alpha value is -1.51. The summed E-state index contributed by atoms with van der Waals surface area (Å²) in [5, 5.41) is 11.4. The highest BCUT2D eigenvalue weighted by atomic mass is 35.5. The van der Waals surface area contributed by atoms with Crippen molar-refractivity contribution in [2.45, 2.75) is 25.7 Å². The van der Waals surface area contributed by atoms with Crippen molar-refractivity contribution < 1.29 is 4.79 Å². The largest absolute Gasteiger partial charge is 0.317 e. The van der Waals surface area contributed by atoms with Gasteiger partial charge in [-0.25, -0.2) is 9.67 Å². The average molecular weight is 343 g/mol. The number of aryl methyl sites for hydroxylation is 2. The van der Waals surface area contributed by atoms with Crippen LogP contribution < -0.4 is 10.6 Å². The summed E-state index contributed by atoms with van der Waals surface area (Å²) >= 11 is 1.37. The number of halogens is 1. The number of hydrogen-bond donors (Lipinski definition) is 2. The summed E-state index contributed by atoms with van der Waals surface area (Å²) in [6, 6.07) is 0. The summed E-state index contributed by atoms with van der Waals surface area (Å²) in [5.74, 6) is 1.48. The van der Waals surface area contributed by atoms with Crippen molar-refractivity contribution in [3.05, 3.63) is 21.9 Å². The Kier molecular flexibility index (Phi) is 5.49. The van der Waals surface area contributed by atoms with Gasteiger partial charge in [-0.2, -0.15) is 10.1 Å². The summed E-state index contributed by atoms with van der Waals surface area (Å²) in [4.78, 5) is 21.3. The van der Waals surface area contributed by atoms with Crippen LogP contribution in [0, 0.1) is 6.92 Å². The van der Waals surface area contributed by atoms with Crippen molar-refractivity contribution >= 4 is 35.6 Å². The Morgan fingerprint density at radius 3 is 2.82 bits per heavy atom. The van der Waals surface area contributed by atoms with Crippen LogP contribution in [0.2, 0.25) is 0 Å². The van der Waals surface area contributed by atoms with E-state index in [4.69, 9.17) is 0 Å². The number of hydrogen-bond acceptors (Lipinski definition) is 6. The molecule has 0 atom stereocenters. The number of nitrogens with zero attached hydrogens (tertiary/aromatic N) is 4. The second-order valence-corrected chi connectivity index (χ2v) is 6.37. The first-order chi connectivity index (χ1) is 10.1. The fraction of sp³-hybridized carbons (Fsp3) is 0.538. The fourth-order valence-electron chi connectivity index (χ4n) is 2.40. The topological polar surface area (TPSA) is 84.7 Å². The highest BCUT2D eigenvalue weighted by Gasteiger charge is 2.21. The van der Waals surface area contributed by atoms with E-state index in [1.807, 2.05) is 6.92 Å². The molecule has 2 aromatic rings. The van der Waals surface area contributed by atoms with Crippen LogP contribution in [0.15, 0.2) is 6.20 Å². The lowest BCUT2D eigenvalue weighted by Crippen LogP contribution is -2.27. The van der Waals surface area contributed by atoms with Crippen LogP contribution in [0.1, 0.15) is 39.3 Å². The number of aromatic nitrogens is 4. The third kappa shape index (κ3) is 3.63. The van der Waals surface area contributed by atoms with Crippen LogP contribution in [0.25, 0.3) is 0 Å². The van der Waals surface area contributed by atoms with Gasteiger partial charge in [0.25, 0.3) is 5.91 Å². The normalized spacial score (nSPS) is 15.4. The molecule has 7 nitrogen and oxygen atoms in total. The van der Waals surface area contributed by atoms with Gasteiger partial charge in [-0.1, -0.05) is 0 Å². The van der Waals surface area contributed by atoms with Gasteiger partial charge in [-0.3, -0.25) is 10.1 Å². The van der Waals surface area contributed by atoms with Crippen LogP contribution in [0.4, 0.5) is 5.95 Å². The Morgan fingerprint density at radius 2 is 2.18 bits per heavy atom. The van der Waals surface area contributed by atoms with Crippen LogP contribution in [-0.4, -0.2) is 38.7 Å². The lowest BCUT2D eigenvalue weighted by molar-refractivity contribution is 0.102. The van der Waals surface area contributed by atoms with E-state index in [0.717, 1.165) is 36.8 Å². The van der Waals surface area contributed by atoms with Crippen LogP contribution >= 0.6 is 23.7 Å². The van der Waals surface area contributed by atoms with E-state index in [9.17, 15) is 4.79 Å². The zero-order chi connectivity index (χ0) is 14.8. The molecule has 120 valence electrons. The molecule has 1 fully saturated rings. The Morgan fingerprint density at radius 1 is 1.45 bits per heavy atom. The van der Waals surface area contributed by atoms with Crippen LogP contribution in [-0.2, 0) is 7.05 Å². The molecule has 0 radical (unpaired) electrons. The summed E-state index contributed by atoms with van der Waals surface area (Å²) in [5.41, 5.74) is 0. The molecule has 1 saturated heterocycles. The maximum absolute atomic E-state index is 12.1. The van der Waals surface area contributed by atoms with E-state index in [1.54, 1.807) is 17.9 Å². The molecular formula is C13H19ClN6OS. The number of piperidine rings is 1. The third-order valence-corrected chi connectivity index (χ3v) is 4.47. The maximum atomic E-state index is 12.1. The molecule has 0 spiro atoms. The minimum Gasteiger partial charge on any atom is -0.317 e. The van der Waals surface area contributed by atoms with E-state index < -0.39 is 0 Å². The number of carbonyl (C=O) groups is 1. The van der Waals surface area contributed by atoms with Gasteiger partial charge in [0.05, 0.1) is 11.2 Å². The van der Waals surface area contributed by atoms with Crippen molar-refractivity contribution in [1.82, 2.24) is 25.1 Å². The number of nitrogens with one attached hydrogen (secondary N) is 2. The van der Waals surface area contributed by atoms with Gasteiger partial charge in [0, 0.05) is 13.0 Å². The number of anilines is 1. The van der Waals surface area contributed by atoms with Gasteiger partial charge in [-0.05, 0) is 32.9 Å². The zero-order valence-electron chi connectivity index (χ0n) is 12.5. The Balaban J connectivity index is 0.00000176. The molecular weight excluding hydrogens is 324 g/mol. The van der Waals surface area contributed by atoms with Crippen molar-refractivity contribution in [3.63, 3.8) is 0 Å². The van der Waals surface area contributed by atoms with Gasteiger partial charge in [0.2, 0.25) is 5.95 Å². The maximum Gasteiger partial charge on any atom is 0.269 e. The summed E-state index contributed by atoms with van der Waals surface area (Å²) in [7, 11) is 1.80. The van der Waals surface area contributed by atoms with Gasteiger partial charge in [0.15, 0.2) is 5.82 Å². The molecule has 22 heavy (non-hydrogen) atoms. The first-order valence-corrected chi connectivity index (χ1v) is 7.80. The molecule has 0 aromatic carbocycles. The lowest BCUT2D eigenvalue weighted by Gasteiger charge is -2.19. The molecule has 0 bridgehead atoms. The quantitative estimate of drug-likeness (QED) is 0.887. The minimum atomic E-state index is -0.187. The highest BCUT2D eigenvalue weighted by molar-refractivity contribution is 7.13. The standard InChI is InChI=1S/C13H18N6OS.ClH/c1-8-15-7-10(21-8)12(20)17-13-16-11(18-19(13)2)9-3-5-14-6-4-9;/h7,9,14H,3-6H2,1-2H3,(H,16,17,18,20);1H. The summed E-state index contributed by atoms with van der Waals surface area (Å²) in [6.07, 6.45) is 3.65. The second kappa shape index (κ2) is 7.17. The fourth-order valence-corrected chi connectivity index (χ4v) is 3.07. The van der Waals surface area contributed by atoms with E-state index in [-0.39, 0.29) is 18.3 Å². The third-order valence-electron chi connectivity index (χ3n) is 3.55. The summed E-state index contributed by atoms with van der Waals surface area (Å²) in [6.45, 7) is 3.86. The van der Waals surface area contributed by atoms with Gasteiger partial charge in [-0.15, -0.1) is 23.7 Å². The predicted molar refractivity (Wildman–Crippen MR) is 87.9 cm³/mol. The molecule has 1 aliphatic rings. The Labute approximate surface area is 139 Å². The molecule has 1 amide bonds. The van der Waals surface area contributed by atoms with E-state index >= 15 is 0 Å². The minimum absolute atomic E-state index is 0. The molecule has 2 aromatic heterocycles. The molecule has 0 unspecified atom stereocenters. The first-order valence-electron chi connectivity index (χ1n) is 6.99. The zero-order valence-corrected chi connectivity index (χ0v) is 14.1. The number of amides is 1. The Bertz CT molecular complexity index is 649. The lowest BCUT2D eigenvalue weighted by atomic mass is 9.98. The molecule has 3 heterocycles. The number of carbonyl (C=O) groups excluding carboxylic acids is 1. The van der Waals surface area contributed by atoms with Crippen molar-refractivity contribution in [1.29, 1.82) is 0 Å². The van der Waals surface area contributed by atoms with Gasteiger partial charge >= 0.3 is 0 Å². The van der Waals surface area contributed by atoms with Gasteiger partial charge < -0.3 is 5.32 Å². The molecule has 0 saturated carbocycles. The smallest absolute Gasteiger partial charge is 0.269 e. The molecule has 0 aliphatic carbocycles. The first kappa shape index (κ1) is 16.9. The second-order valence-electron chi connectivity index (χ2n) is 5.14. The van der Waals surface area contributed by atoms with Gasteiger partial charge in [0.1, 0.15) is 4.88 Å². The SMILES string of the molecule is Cc1ncc(C(=O)Nc2nc(C3CCNCC3)nn2C)s1.Cl. The summed E-state index contributed by atoms with van der Waals surface area (Å²) < 4.78 is 1.63. The predicted octanol–water partition coefficient (Wildman–Crippen LogP) is 1.72. The van der Waals surface area contributed by atoms with E-state index in [0.29, 0.717) is 16.7 Å². The highest BCUT2D eigenvalue weighted by Crippen LogP contribution is 2.23. The number of rotatable bonds is 3. The van der Waals surface area contributed by atoms with E-state index in [1.165, 1.54) is 11.3 Å².